The van der Waals surface area contributed by atoms with Gasteiger partial charge < -0.3 is 15.8 Å². The van der Waals surface area contributed by atoms with E-state index >= 15 is 0 Å². The van der Waals surface area contributed by atoms with E-state index in [1.165, 1.54) is 12.8 Å². The van der Waals surface area contributed by atoms with Crippen molar-refractivity contribution in [3.63, 3.8) is 0 Å². The van der Waals surface area contributed by atoms with Crippen LogP contribution >= 0.6 is 12.4 Å². The molecule has 2 rings (SSSR count). The predicted molar refractivity (Wildman–Crippen MR) is 87.1 cm³/mol. The number of hydrogen-bond donors (Lipinski definition) is 2. The molecule has 3 N–H and O–H groups in total. The van der Waals surface area contributed by atoms with Gasteiger partial charge in [0.1, 0.15) is 5.75 Å². The van der Waals surface area contributed by atoms with E-state index < -0.39 is 0 Å². The molecule has 0 aliphatic heterocycles. The Hall–Kier alpha value is -1.26. The highest BCUT2D eigenvalue weighted by Crippen LogP contribution is 2.32. The van der Waals surface area contributed by atoms with Crippen LogP contribution in [0.5, 0.6) is 5.75 Å². The number of halogens is 1. The summed E-state index contributed by atoms with van der Waals surface area (Å²) in [5.74, 6) is 1.31. The molecular weight excluding hydrogens is 288 g/mol. The summed E-state index contributed by atoms with van der Waals surface area (Å²) in [7, 11) is 0. The largest absolute Gasteiger partial charge is 0.491 e. The van der Waals surface area contributed by atoms with E-state index in [2.05, 4.69) is 12.2 Å². The second kappa shape index (κ2) is 8.25. The molecule has 1 aliphatic carbocycles. The molecule has 5 heteroatoms. The lowest BCUT2D eigenvalue weighted by Crippen LogP contribution is -2.41. The second-order valence-electron chi connectivity index (χ2n) is 5.51. The number of nitrogens with one attached hydrogen (secondary N) is 1. The van der Waals surface area contributed by atoms with E-state index in [0.717, 1.165) is 12.2 Å². The highest BCUT2D eigenvalue weighted by molar-refractivity contribution is 5.94. The second-order valence-corrected chi connectivity index (χ2v) is 5.51. The Morgan fingerprint density at radius 3 is 2.48 bits per heavy atom. The third-order valence-corrected chi connectivity index (χ3v) is 3.79. The molecule has 0 radical (unpaired) electrons. The lowest BCUT2D eigenvalue weighted by molar-refractivity contribution is 0.0933. The predicted octanol–water partition coefficient (Wildman–Crippen LogP) is 2.75. The fraction of sp³-hybridized carbons (Fsp3) is 0.562. The summed E-state index contributed by atoms with van der Waals surface area (Å²) in [4.78, 5) is 12.1. The van der Waals surface area contributed by atoms with Gasteiger partial charge >= 0.3 is 0 Å². The van der Waals surface area contributed by atoms with E-state index in [9.17, 15) is 4.79 Å². The Kier molecular flexibility index (Phi) is 6.99. The van der Waals surface area contributed by atoms with E-state index in [0.29, 0.717) is 18.0 Å². The number of nitrogens with two attached hydrogens (primary N) is 1. The van der Waals surface area contributed by atoms with Crippen LogP contribution in [-0.4, -0.2) is 24.6 Å². The maximum absolute atomic E-state index is 12.1. The van der Waals surface area contributed by atoms with E-state index in [4.69, 9.17) is 10.5 Å². The number of carbonyl (C=O) groups is 1. The summed E-state index contributed by atoms with van der Waals surface area (Å²) < 4.78 is 5.70. The molecule has 1 aliphatic rings. The van der Waals surface area contributed by atoms with Crippen LogP contribution in [0.2, 0.25) is 0 Å². The zero-order chi connectivity index (χ0) is 14.5. The average Bonchev–Trinajstić information content (AvgIpc) is 3.29. The van der Waals surface area contributed by atoms with Gasteiger partial charge in [-0.2, -0.15) is 0 Å². The fourth-order valence-electron chi connectivity index (χ4n) is 2.12. The average molecular weight is 313 g/mol. The van der Waals surface area contributed by atoms with Gasteiger partial charge in [-0.05, 0) is 56.4 Å². The number of ether oxygens (including phenoxy) is 1. The maximum atomic E-state index is 12.1. The standard InChI is InChI=1S/C16H24N2O2.ClH/c1-3-11(2)20-14-8-6-13(7-9-14)16(19)18-15(10-17)12-4-5-12;/h6-9,11-12,15H,3-5,10,17H2,1-2H3,(H,18,19);1H. The normalized spacial score (nSPS) is 16.5. The van der Waals surface area contributed by atoms with Crippen molar-refractivity contribution in [1.29, 1.82) is 0 Å². The smallest absolute Gasteiger partial charge is 0.251 e. The minimum absolute atomic E-state index is 0. The van der Waals surface area contributed by atoms with Gasteiger partial charge in [-0.15, -0.1) is 12.4 Å². The molecule has 0 aromatic heterocycles. The van der Waals surface area contributed by atoms with Gasteiger partial charge in [-0.25, -0.2) is 0 Å². The number of carbonyl (C=O) groups excluding carboxylic acids is 1. The first-order chi connectivity index (χ1) is 9.63. The zero-order valence-corrected chi connectivity index (χ0v) is 13.5. The van der Waals surface area contributed by atoms with Gasteiger partial charge in [-0.1, -0.05) is 6.92 Å². The highest BCUT2D eigenvalue weighted by atomic mass is 35.5. The van der Waals surface area contributed by atoms with Gasteiger partial charge in [0.15, 0.2) is 0 Å². The van der Waals surface area contributed by atoms with Crippen LogP contribution in [-0.2, 0) is 0 Å². The van der Waals surface area contributed by atoms with Gasteiger partial charge in [0.2, 0.25) is 0 Å². The van der Waals surface area contributed by atoms with Crippen molar-refractivity contribution in [2.75, 3.05) is 6.54 Å². The Labute approximate surface area is 132 Å². The Morgan fingerprint density at radius 2 is 2.00 bits per heavy atom. The molecule has 1 saturated carbocycles. The third kappa shape index (κ3) is 5.21. The number of benzene rings is 1. The first-order valence-electron chi connectivity index (χ1n) is 7.41. The number of rotatable bonds is 7. The topological polar surface area (TPSA) is 64.3 Å². The van der Waals surface area contributed by atoms with Crippen molar-refractivity contribution in [3.8, 4) is 5.75 Å². The van der Waals surface area contributed by atoms with Crippen molar-refractivity contribution in [2.24, 2.45) is 11.7 Å². The SMILES string of the molecule is CCC(C)Oc1ccc(C(=O)NC(CN)C2CC2)cc1.Cl. The first kappa shape index (κ1) is 17.8. The van der Waals surface area contributed by atoms with Crippen LogP contribution in [0.4, 0.5) is 0 Å². The molecule has 1 aromatic carbocycles. The molecule has 0 heterocycles. The summed E-state index contributed by atoms with van der Waals surface area (Å²) in [6.07, 6.45) is 3.49. The minimum Gasteiger partial charge on any atom is -0.491 e. The number of hydrogen-bond acceptors (Lipinski definition) is 3. The van der Waals surface area contributed by atoms with Gasteiger partial charge in [0.25, 0.3) is 5.91 Å². The van der Waals surface area contributed by atoms with Crippen LogP contribution in [0, 0.1) is 5.92 Å². The summed E-state index contributed by atoms with van der Waals surface area (Å²) in [6.45, 7) is 4.62. The minimum atomic E-state index is -0.0533. The molecule has 118 valence electrons. The fourth-order valence-corrected chi connectivity index (χ4v) is 2.12. The summed E-state index contributed by atoms with van der Waals surface area (Å²) in [6, 6.07) is 7.39. The number of amides is 1. The van der Waals surface area contributed by atoms with E-state index in [-0.39, 0.29) is 30.5 Å². The van der Waals surface area contributed by atoms with Crippen molar-refractivity contribution in [3.05, 3.63) is 29.8 Å². The molecule has 0 bridgehead atoms. The van der Waals surface area contributed by atoms with Crippen LogP contribution in [0.1, 0.15) is 43.5 Å². The van der Waals surface area contributed by atoms with Gasteiger partial charge in [0, 0.05) is 18.2 Å². The van der Waals surface area contributed by atoms with Gasteiger partial charge in [-0.3, -0.25) is 4.79 Å². The quantitative estimate of drug-likeness (QED) is 0.813. The summed E-state index contributed by atoms with van der Waals surface area (Å²) >= 11 is 0. The lowest BCUT2D eigenvalue weighted by atomic mass is 10.1. The summed E-state index contributed by atoms with van der Waals surface area (Å²) in [5.41, 5.74) is 6.35. The molecule has 4 nitrogen and oxygen atoms in total. The molecule has 2 atom stereocenters. The van der Waals surface area contributed by atoms with E-state index in [1.54, 1.807) is 12.1 Å². The zero-order valence-electron chi connectivity index (χ0n) is 12.7. The molecule has 1 aromatic rings. The Morgan fingerprint density at radius 1 is 1.38 bits per heavy atom. The van der Waals surface area contributed by atoms with Crippen molar-refractivity contribution in [1.82, 2.24) is 5.32 Å². The molecule has 2 unspecified atom stereocenters. The van der Waals surface area contributed by atoms with Crippen molar-refractivity contribution in [2.45, 2.75) is 45.3 Å². The van der Waals surface area contributed by atoms with Gasteiger partial charge in [0.05, 0.1) is 6.10 Å². The Bertz CT molecular complexity index is 446. The monoisotopic (exact) mass is 312 g/mol. The highest BCUT2D eigenvalue weighted by Gasteiger charge is 2.31. The third-order valence-electron chi connectivity index (χ3n) is 3.79. The maximum Gasteiger partial charge on any atom is 0.251 e. The molecular formula is C16H25ClN2O2. The van der Waals surface area contributed by atoms with Crippen LogP contribution in [0.3, 0.4) is 0 Å². The Balaban J connectivity index is 0.00000220. The summed E-state index contributed by atoms with van der Waals surface area (Å²) in [5, 5.41) is 3.01. The molecule has 21 heavy (non-hydrogen) atoms. The van der Waals surface area contributed by atoms with Crippen LogP contribution in [0.25, 0.3) is 0 Å². The van der Waals surface area contributed by atoms with Crippen molar-refractivity contribution < 1.29 is 9.53 Å². The first-order valence-corrected chi connectivity index (χ1v) is 7.41. The van der Waals surface area contributed by atoms with Crippen molar-refractivity contribution >= 4 is 18.3 Å². The molecule has 1 fully saturated rings. The van der Waals surface area contributed by atoms with E-state index in [1.807, 2.05) is 19.1 Å². The molecule has 0 saturated heterocycles. The van der Waals surface area contributed by atoms with Crippen LogP contribution < -0.4 is 15.8 Å². The lowest BCUT2D eigenvalue weighted by Gasteiger charge is -2.16. The molecule has 0 spiro atoms. The van der Waals surface area contributed by atoms with Crippen LogP contribution in [0.15, 0.2) is 24.3 Å². The molecule has 1 amide bonds.